The third kappa shape index (κ3) is 7.29. The highest BCUT2D eigenvalue weighted by atomic mass is 19.3. The number of carbonyl (C=O) groups is 1. The lowest BCUT2D eigenvalue weighted by Crippen LogP contribution is -2.38. The van der Waals surface area contributed by atoms with Crippen LogP contribution in [-0.4, -0.2) is 34.3 Å². The number of amides is 1. The highest BCUT2D eigenvalue weighted by Crippen LogP contribution is 2.36. The lowest BCUT2D eigenvalue weighted by molar-refractivity contribution is -0.0499. The van der Waals surface area contributed by atoms with Gasteiger partial charge >= 0.3 is 6.61 Å². The number of nitrogens with zero attached hydrogens (tertiary/aromatic N) is 1. The molecule has 1 aromatic heterocycles. The van der Waals surface area contributed by atoms with E-state index < -0.39 is 12.2 Å². The Labute approximate surface area is 207 Å². The predicted octanol–water partition coefficient (Wildman–Crippen LogP) is 6.44. The minimum absolute atomic E-state index is 0.110. The van der Waals surface area contributed by atoms with Crippen molar-refractivity contribution < 1.29 is 23.4 Å². The highest BCUT2D eigenvalue weighted by Gasteiger charge is 2.25. The summed E-state index contributed by atoms with van der Waals surface area (Å²) in [6, 6.07) is 7.13. The van der Waals surface area contributed by atoms with E-state index in [2.05, 4.69) is 9.88 Å². The second-order valence-corrected chi connectivity index (χ2v) is 11.5. The maximum Gasteiger partial charge on any atom is 0.387 e. The highest BCUT2D eigenvalue weighted by molar-refractivity contribution is 5.97. The first-order valence-corrected chi connectivity index (χ1v) is 12.6. The Hall–Kier alpha value is -2.41. The first-order chi connectivity index (χ1) is 16.2. The molecule has 5 nitrogen and oxygen atoms in total. The fourth-order valence-electron chi connectivity index (χ4n) is 4.72. The fraction of sp³-hybridized carbons (Fsp3) is 0.607. The van der Waals surface area contributed by atoms with Crippen LogP contribution in [0.2, 0.25) is 0 Å². The second-order valence-electron chi connectivity index (χ2n) is 11.5. The summed E-state index contributed by atoms with van der Waals surface area (Å²) < 4.78 is 33.2. The van der Waals surface area contributed by atoms with E-state index in [0.717, 1.165) is 41.9 Å². The standard InChI is InChI=1S/C28H40F2N2O3/c1-18-23(25(33)31-17-28(5,6)34)15-24(32(18)16-19-10-8-7-9-11-19)20-12-21(27(2,3)4)14-22(13-20)35-26(29)30/h12-15,19,26,34H,7-11,16-17H2,1-6H3,(H,31,33). The average Bonchev–Trinajstić information content (AvgIpc) is 3.07. The van der Waals surface area contributed by atoms with Crippen LogP contribution in [0, 0.1) is 12.8 Å². The summed E-state index contributed by atoms with van der Waals surface area (Å²) in [5, 5.41) is 12.9. The molecule has 0 radical (unpaired) electrons. The van der Waals surface area contributed by atoms with Gasteiger partial charge in [0.2, 0.25) is 0 Å². The Bertz CT molecular complexity index is 1030. The Balaban J connectivity index is 2.10. The molecule has 0 aliphatic heterocycles. The number of hydrogen-bond acceptors (Lipinski definition) is 3. The van der Waals surface area contributed by atoms with E-state index in [0.29, 0.717) is 11.5 Å². The van der Waals surface area contributed by atoms with Gasteiger partial charge in [0.25, 0.3) is 5.91 Å². The van der Waals surface area contributed by atoms with Crippen LogP contribution in [0.5, 0.6) is 5.75 Å². The van der Waals surface area contributed by atoms with Crippen molar-refractivity contribution >= 4 is 5.91 Å². The van der Waals surface area contributed by atoms with Crippen LogP contribution in [-0.2, 0) is 12.0 Å². The molecular weight excluding hydrogens is 450 g/mol. The number of rotatable bonds is 8. The van der Waals surface area contributed by atoms with Crippen LogP contribution >= 0.6 is 0 Å². The molecule has 1 aliphatic carbocycles. The molecule has 1 heterocycles. The van der Waals surface area contributed by atoms with Gasteiger partial charge < -0.3 is 19.7 Å². The Morgan fingerprint density at radius 1 is 1.11 bits per heavy atom. The van der Waals surface area contributed by atoms with Gasteiger partial charge in [-0.25, -0.2) is 0 Å². The molecular formula is C28H40F2N2O3. The Morgan fingerprint density at radius 3 is 2.34 bits per heavy atom. The van der Waals surface area contributed by atoms with E-state index in [1.54, 1.807) is 26.0 Å². The quantitative estimate of drug-likeness (QED) is 0.447. The zero-order chi connectivity index (χ0) is 26.0. The van der Waals surface area contributed by atoms with Crippen molar-refractivity contribution in [2.24, 2.45) is 5.92 Å². The largest absolute Gasteiger partial charge is 0.435 e. The number of halogens is 2. The Kier molecular flexibility index (Phi) is 8.30. The molecule has 2 aromatic rings. The van der Waals surface area contributed by atoms with Gasteiger partial charge in [-0.3, -0.25) is 4.79 Å². The minimum atomic E-state index is -2.92. The zero-order valence-electron chi connectivity index (χ0n) is 21.9. The SMILES string of the molecule is Cc1c(C(=O)NCC(C)(C)O)cc(-c2cc(OC(F)F)cc(C(C)(C)C)c2)n1CC1CCCCC1. The molecule has 1 aliphatic rings. The van der Waals surface area contributed by atoms with Gasteiger partial charge in [-0.15, -0.1) is 0 Å². The maximum atomic E-state index is 13.1. The van der Waals surface area contributed by atoms with Crippen LogP contribution in [0.15, 0.2) is 24.3 Å². The zero-order valence-corrected chi connectivity index (χ0v) is 21.9. The van der Waals surface area contributed by atoms with E-state index in [1.807, 2.05) is 39.8 Å². The summed E-state index contributed by atoms with van der Waals surface area (Å²) in [6.45, 7) is 9.27. The minimum Gasteiger partial charge on any atom is -0.435 e. The third-order valence-corrected chi connectivity index (χ3v) is 6.75. The van der Waals surface area contributed by atoms with Crippen LogP contribution in [0.1, 0.15) is 88.3 Å². The van der Waals surface area contributed by atoms with Crippen molar-refractivity contribution in [1.82, 2.24) is 9.88 Å². The van der Waals surface area contributed by atoms with E-state index in [-0.39, 0.29) is 23.6 Å². The lowest BCUT2D eigenvalue weighted by Gasteiger charge is -2.25. The third-order valence-electron chi connectivity index (χ3n) is 6.75. The predicted molar refractivity (Wildman–Crippen MR) is 135 cm³/mol. The van der Waals surface area contributed by atoms with Gasteiger partial charge in [0.05, 0.1) is 11.2 Å². The topological polar surface area (TPSA) is 63.5 Å². The smallest absolute Gasteiger partial charge is 0.387 e. The Morgan fingerprint density at radius 2 is 1.77 bits per heavy atom. The van der Waals surface area contributed by atoms with Gasteiger partial charge in [0.15, 0.2) is 0 Å². The number of aliphatic hydroxyl groups is 1. The average molecular weight is 491 g/mol. The number of hydrogen-bond donors (Lipinski definition) is 2. The molecule has 0 bridgehead atoms. The van der Waals surface area contributed by atoms with Gasteiger partial charge in [-0.1, -0.05) is 40.0 Å². The van der Waals surface area contributed by atoms with Crippen molar-refractivity contribution in [3.63, 3.8) is 0 Å². The van der Waals surface area contributed by atoms with E-state index in [9.17, 15) is 18.7 Å². The molecule has 2 N–H and O–H groups in total. The summed E-state index contributed by atoms with van der Waals surface area (Å²) in [4.78, 5) is 13.1. The molecule has 1 saturated carbocycles. The molecule has 3 rings (SSSR count). The molecule has 0 spiro atoms. The number of benzene rings is 1. The first-order valence-electron chi connectivity index (χ1n) is 12.6. The van der Waals surface area contributed by atoms with E-state index >= 15 is 0 Å². The fourth-order valence-corrected chi connectivity index (χ4v) is 4.72. The second kappa shape index (κ2) is 10.7. The van der Waals surface area contributed by atoms with Crippen molar-refractivity contribution in [2.45, 2.75) is 97.8 Å². The number of aromatic nitrogens is 1. The monoisotopic (exact) mass is 490 g/mol. The van der Waals surface area contributed by atoms with Crippen molar-refractivity contribution in [2.75, 3.05) is 6.54 Å². The van der Waals surface area contributed by atoms with Gasteiger partial charge in [-0.05, 0) is 74.8 Å². The molecule has 0 unspecified atom stereocenters. The normalized spacial score (nSPS) is 15.5. The molecule has 7 heteroatoms. The molecule has 194 valence electrons. The van der Waals surface area contributed by atoms with Gasteiger partial charge in [0.1, 0.15) is 5.75 Å². The van der Waals surface area contributed by atoms with Crippen molar-refractivity contribution in [3.8, 4) is 17.0 Å². The number of alkyl halides is 2. The molecule has 1 aromatic carbocycles. The maximum absolute atomic E-state index is 13.1. The molecule has 1 fully saturated rings. The summed E-state index contributed by atoms with van der Waals surface area (Å²) in [5.41, 5.74) is 2.48. The summed E-state index contributed by atoms with van der Waals surface area (Å²) >= 11 is 0. The van der Waals surface area contributed by atoms with E-state index in [1.165, 1.54) is 19.3 Å². The number of ether oxygens (including phenoxy) is 1. The molecule has 35 heavy (non-hydrogen) atoms. The summed E-state index contributed by atoms with van der Waals surface area (Å²) in [6.07, 6.45) is 5.93. The number of carbonyl (C=O) groups excluding carboxylic acids is 1. The molecule has 0 saturated heterocycles. The van der Waals surface area contributed by atoms with Crippen molar-refractivity contribution in [3.05, 3.63) is 41.1 Å². The summed E-state index contributed by atoms with van der Waals surface area (Å²) in [5.74, 6) is 0.353. The van der Waals surface area contributed by atoms with E-state index in [4.69, 9.17) is 4.74 Å². The van der Waals surface area contributed by atoms with Gasteiger partial charge in [0, 0.05) is 30.0 Å². The van der Waals surface area contributed by atoms with Crippen LogP contribution in [0.4, 0.5) is 8.78 Å². The summed E-state index contributed by atoms with van der Waals surface area (Å²) in [7, 11) is 0. The molecule has 0 atom stereocenters. The van der Waals surface area contributed by atoms with Gasteiger partial charge in [-0.2, -0.15) is 8.78 Å². The first kappa shape index (κ1) is 27.2. The van der Waals surface area contributed by atoms with Crippen LogP contribution in [0.3, 0.4) is 0 Å². The van der Waals surface area contributed by atoms with Crippen molar-refractivity contribution in [1.29, 1.82) is 0 Å². The lowest BCUT2D eigenvalue weighted by atomic mass is 9.85. The number of nitrogens with one attached hydrogen (secondary N) is 1. The van der Waals surface area contributed by atoms with Crippen LogP contribution < -0.4 is 10.1 Å². The molecule has 1 amide bonds. The van der Waals surface area contributed by atoms with Crippen LogP contribution in [0.25, 0.3) is 11.3 Å².